The van der Waals surface area contributed by atoms with Gasteiger partial charge >= 0.3 is 11.9 Å². The van der Waals surface area contributed by atoms with Crippen molar-refractivity contribution < 1.29 is 155 Å². The number of alkyl halides is 12. The Balaban J connectivity index is -0.000000102. The summed E-state index contributed by atoms with van der Waals surface area (Å²) in [5.41, 5.74) is -0.0306. The molecule has 0 N–H and O–H groups in total. The molecule has 0 aromatic rings. The largest absolute Gasteiger partial charge is 0.454 e. The van der Waals surface area contributed by atoms with Gasteiger partial charge in [0, 0.05) is 53.8 Å². The van der Waals surface area contributed by atoms with Crippen molar-refractivity contribution in [1.29, 1.82) is 0 Å². The quantitative estimate of drug-likeness (QED) is 0.0249. The van der Waals surface area contributed by atoms with Gasteiger partial charge in [-0.25, -0.2) is 62.3 Å². The molecule has 80 heavy (non-hydrogen) atoms. The maximum absolute atomic E-state index is 12.7. The second kappa shape index (κ2) is 45.8. The van der Waals surface area contributed by atoms with Crippen molar-refractivity contribution in [3.05, 3.63) is 64.4 Å². The minimum atomic E-state index is -4.30. The van der Waals surface area contributed by atoms with Gasteiger partial charge < -0.3 is 92.7 Å². The molecule has 0 aliphatic heterocycles. The van der Waals surface area contributed by atoms with E-state index < -0.39 is 165 Å². The summed E-state index contributed by atoms with van der Waals surface area (Å²) in [5.74, 6) is -1.83. The van der Waals surface area contributed by atoms with E-state index in [4.69, 9.17) is 28.4 Å². The van der Waals surface area contributed by atoms with Crippen molar-refractivity contribution in [2.45, 2.75) is 87.1 Å². The Bertz CT molecular complexity index is 1500. The van der Waals surface area contributed by atoms with E-state index in [1.807, 2.05) is 0 Å². The normalized spacial score (nSPS) is 13.7. The smallest absolute Gasteiger partial charge is 0.333 e. The first-order valence-electron chi connectivity index (χ1n) is 19.7. The number of carbonyl (C=O) groups is 2. The Kier molecular flexibility index (Phi) is 53.4. The van der Waals surface area contributed by atoms with Crippen LogP contribution in [0.2, 0.25) is 0 Å². The average Bonchev–Trinajstić information content (AvgIpc) is 3.35. The zero-order valence-corrected chi connectivity index (χ0v) is 83.0. The molecule has 0 radical (unpaired) electrons. The Hall–Kier alpha value is -9.32. The van der Waals surface area contributed by atoms with Crippen LogP contribution in [0.3, 0.4) is 0 Å². The molecular formula is C40H56F18O16Rf6-6. The Morgan fingerprint density at radius 1 is 0.350 bits per heavy atom. The summed E-state index contributed by atoms with van der Waals surface area (Å²) in [5, 5.41) is 0. The van der Waals surface area contributed by atoms with E-state index in [0.29, 0.717) is 0 Å². The van der Waals surface area contributed by atoms with E-state index in [1.165, 1.54) is 35.2 Å². The van der Waals surface area contributed by atoms with E-state index in [9.17, 15) is 88.6 Å². The number of halogens is 18. The van der Waals surface area contributed by atoms with E-state index in [2.05, 4.69) is 51.1 Å². The standard InChI is InChI=1S/C13H16F6O5.C10H14F6O4.C10H14F3O4.C7H12F3O3.6Rf/c1-8(2)11(20)24-10(5-23-13(18,19)7-15)9(21-3)4-22-12(16,17)6-14;1-17-7(3-19-9(13,14)5-11)8(18-2)4-20-10(15,16)6-12;1-7(2)9(14)17-8(4-15-3)5-16-10(12,13)6-11;1-11-3-6(12-2)4-13-7(9,10)5-8;;;;;;/h6-7,9-10H,1,4-5H2,2-3H3;5-8H,3-4H2,1-2H3;6,8H,1,4-5H2,2-3H3;5-6H,3-4H2,1-2H3;;;;;;/q2*-2;2*-1;;;;;;. The maximum Gasteiger partial charge on any atom is 0.333 e. The first kappa shape index (κ1) is 93.2. The second-order valence-electron chi connectivity index (χ2n) is 13.5. The molecule has 0 aromatic carbocycles. The molecule has 456 valence electrons. The number of hydrogen-bond acceptors (Lipinski definition) is 16. The van der Waals surface area contributed by atoms with Gasteiger partial charge in [0.1, 0.15) is 30.5 Å². The fourth-order valence-electron chi connectivity index (χ4n) is 3.73. The molecule has 16 nitrogen and oxygen atoms in total. The molecule has 0 saturated heterocycles. The molecule has 6 atom stereocenters. The van der Waals surface area contributed by atoms with Crippen LogP contribution in [0.4, 0.5) is 79.0 Å². The van der Waals surface area contributed by atoms with Crippen LogP contribution in [0.1, 0.15) is 13.8 Å². The molecule has 0 amide bonds. The van der Waals surface area contributed by atoms with Crippen molar-refractivity contribution in [3.63, 3.8) is 0 Å². The number of rotatable bonds is 38. The van der Waals surface area contributed by atoms with Gasteiger partial charge in [0.05, 0.1) is 52.9 Å². The summed E-state index contributed by atoms with van der Waals surface area (Å²) in [7, 11) is 7.11. The summed E-state index contributed by atoms with van der Waals surface area (Å²) < 4.78 is 281. The third kappa shape index (κ3) is 46.0. The van der Waals surface area contributed by atoms with Gasteiger partial charge in [-0.3, -0.25) is 0 Å². The predicted molar refractivity (Wildman–Crippen MR) is 214 cm³/mol. The van der Waals surface area contributed by atoms with Gasteiger partial charge in [0.2, 0.25) is 0 Å². The topological polar surface area (TPSA) is 163 Å². The molecule has 0 rings (SSSR count). The van der Waals surface area contributed by atoms with Crippen LogP contribution >= 0.6 is 0 Å². The predicted octanol–water partition coefficient (Wildman–Crippen LogP) is 8.72. The van der Waals surface area contributed by atoms with Crippen molar-refractivity contribution >= 4 is 11.9 Å². The van der Waals surface area contributed by atoms with E-state index >= 15 is 0 Å². The summed E-state index contributed by atoms with van der Waals surface area (Å²) in [4.78, 5) is 22.6. The molecule has 0 spiro atoms. The third-order valence-corrected chi connectivity index (χ3v) is 7.45. The molecule has 0 aliphatic rings. The van der Waals surface area contributed by atoms with Crippen molar-refractivity contribution in [2.24, 2.45) is 0 Å². The van der Waals surface area contributed by atoms with Crippen LogP contribution in [0.5, 0.6) is 0 Å². The number of esters is 2. The van der Waals surface area contributed by atoms with Crippen LogP contribution in [0.25, 0.3) is 0 Å². The van der Waals surface area contributed by atoms with Gasteiger partial charge in [-0.2, -0.15) is 0 Å². The van der Waals surface area contributed by atoms with Gasteiger partial charge in [-0.05, 0) is 13.8 Å². The molecular weight excluding hydrogens is 2680 g/mol. The zero-order valence-electron chi connectivity index (χ0n) is 44.6. The van der Waals surface area contributed by atoms with Gasteiger partial charge in [0.15, 0.2) is 6.10 Å². The van der Waals surface area contributed by atoms with Crippen molar-refractivity contribution in [2.75, 3.05) is 95.5 Å². The first-order valence-corrected chi connectivity index (χ1v) is 19.7. The first-order chi connectivity index (χ1) is 34.1. The van der Waals surface area contributed by atoms with E-state index in [0.717, 1.165) is 21.3 Å². The molecule has 0 fully saturated rings. The van der Waals surface area contributed by atoms with E-state index in [-0.39, 0.29) is 24.4 Å². The summed E-state index contributed by atoms with van der Waals surface area (Å²) in [6, 6.07) is 0. The summed E-state index contributed by atoms with van der Waals surface area (Å²) >= 11 is 0. The Morgan fingerprint density at radius 3 is 0.787 bits per heavy atom. The zero-order chi connectivity index (χ0) is 58.6. The van der Waals surface area contributed by atoms with Gasteiger partial charge in [0.25, 0.3) is 36.7 Å². The maximum atomic E-state index is 12.7. The Morgan fingerprint density at radius 2 is 0.562 bits per heavy atom. The molecule has 0 bridgehead atoms. The summed E-state index contributed by atoms with van der Waals surface area (Å²) in [6.07, 6.45) is -32.2. The minimum absolute atomic E-state index is 0. The molecule has 6 unspecified atom stereocenters. The fourth-order valence-corrected chi connectivity index (χ4v) is 3.73. The third-order valence-electron chi connectivity index (χ3n) is 7.45. The van der Waals surface area contributed by atoms with Gasteiger partial charge in [-0.15, -0.1) is 0 Å². The molecule has 0 aromatic heterocycles. The van der Waals surface area contributed by atoms with Crippen LogP contribution in [0.15, 0.2) is 24.3 Å². The fraction of sp³-hybridized carbons (Fsp3) is 0.700. The number of carbonyl (C=O) groups excluding carboxylic acids is 2. The number of methoxy groups -OCH3 is 6. The SMILES string of the molecule is C=C(C)C(=O)OC(COC(F)(F)[CH-]F)C(COC(F)(F)[CH-]F)OC.C=C(C)C(=O)OC(COC)COC(F)(F)[CH-]F.COC(COC(F)(F)[CH-]F)C(COC(F)(F)[CH-]F)OC.COCC(COC(F)(F)[CH-]F)OC.[Rf].[Rf].[Rf].[Rf].[Rf].[Rf]. The Labute approximate surface area is 414 Å². The van der Waals surface area contributed by atoms with Crippen LogP contribution < -0.4 is 0 Å². The molecule has 40 heteroatoms. The van der Waals surface area contributed by atoms with Crippen LogP contribution in [-0.2, 0) is 75.9 Å². The monoisotopic (exact) mass is 2740 g/mol. The van der Waals surface area contributed by atoms with Crippen molar-refractivity contribution in [1.82, 2.24) is 0 Å². The average molecular weight is 2740 g/mol. The molecule has 0 saturated carbocycles. The minimum Gasteiger partial charge on any atom is -0.454 e. The van der Waals surface area contributed by atoms with Crippen LogP contribution in [-0.4, -0.2) is 181 Å². The van der Waals surface area contributed by atoms with Crippen LogP contribution in [0, 0.1) is 40.0 Å². The van der Waals surface area contributed by atoms with E-state index in [1.54, 1.807) is 0 Å². The number of hydrogen-bond donors (Lipinski definition) is 0. The molecule has 0 heterocycles. The molecule has 0 aliphatic carbocycles. The van der Waals surface area contributed by atoms with Crippen molar-refractivity contribution in [3.8, 4) is 0 Å². The second-order valence-corrected chi connectivity index (χ2v) is 13.5. The van der Waals surface area contributed by atoms with Gasteiger partial charge in [-0.1, -0.05) is 53.2 Å². The summed E-state index contributed by atoms with van der Waals surface area (Å²) in [6.45, 7) is -1.65. The number of ether oxygens (including phenoxy) is 14.